The molecule has 1 aliphatic heterocycles. The maximum absolute atomic E-state index is 11.2. The van der Waals surface area contributed by atoms with Gasteiger partial charge in [0.15, 0.2) is 0 Å². The summed E-state index contributed by atoms with van der Waals surface area (Å²) in [4.78, 5) is 20.1. The van der Waals surface area contributed by atoms with Gasteiger partial charge in [0.1, 0.15) is 13.1 Å². The Morgan fingerprint density at radius 3 is 2.64 bits per heavy atom. The monoisotopic (exact) mass is 338 g/mol. The molecule has 0 spiro atoms. The molecule has 1 heterocycles. The summed E-state index contributed by atoms with van der Waals surface area (Å²) in [6, 6.07) is 0. The summed E-state index contributed by atoms with van der Waals surface area (Å²) in [7, 11) is 0. The van der Waals surface area contributed by atoms with Crippen molar-refractivity contribution in [3.8, 4) is 0 Å². The average Bonchev–Trinajstić information content (AvgIpc) is 2.92. The van der Waals surface area contributed by atoms with Crippen molar-refractivity contribution in [3.63, 3.8) is 0 Å². The molecule has 0 saturated carbocycles. The SMILES string of the molecule is C.C=O.CCOCC(C=O)(CO)CC(=N)C1=CC(C)CS1.N.[HH].[HH]. The second kappa shape index (κ2) is 13.6. The molecule has 0 fully saturated rings. The lowest BCUT2D eigenvalue weighted by molar-refractivity contribution is -0.122. The van der Waals surface area contributed by atoms with Crippen molar-refractivity contribution in [2.75, 3.05) is 25.6 Å². The Bertz CT molecular complexity index is 373. The molecule has 0 aromatic heterocycles. The minimum Gasteiger partial charge on any atom is -0.395 e. The van der Waals surface area contributed by atoms with Gasteiger partial charge in [0, 0.05) is 32.3 Å². The maximum Gasteiger partial charge on any atom is 0.131 e. The Morgan fingerprint density at radius 1 is 1.68 bits per heavy atom. The van der Waals surface area contributed by atoms with Gasteiger partial charge in [-0.25, -0.2) is 0 Å². The number of hydrogen-bond donors (Lipinski definition) is 3. The number of aliphatic hydroxyl groups excluding tert-OH is 1. The van der Waals surface area contributed by atoms with E-state index in [-0.39, 0.29) is 36.1 Å². The first-order chi connectivity index (χ1) is 9.56. The summed E-state index contributed by atoms with van der Waals surface area (Å²) < 4.78 is 5.25. The van der Waals surface area contributed by atoms with Gasteiger partial charge >= 0.3 is 0 Å². The zero-order valence-electron chi connectivity index (χ0n) is 12.8. The fourth-order valence-corrected chi connectivity index (χ4v) is 2.89. The van der Waals surface area contributed by atoms with E-state index in [0.29, 0.717) is 18.2 Å². The summed E-state index contributed by atoms with van der Waals surface area (Å²) in [5, 5.41) is 17.5. The highest BCUT2D eigenvalue weighted by atomic mass is 32.2. The number of aliphatic hydroxyl groups is 1. The molecule has 0 radical (unpaired) electrons. The van der Waals surface area contributed by atoms with E-state index in [1.807, 2.05) is 13.7 Å². The number of carbonyl (C=O) groups excluding carboxylic acids is 2. The molecule has 2 atom stereocenters. The highest BCUT2D eigenvalue weighted by molar-refractivity contribution is 8.04. The molecule has 0 amide bonds. The largest absolute Gasteiger partial charge is 0.395 e. The Kier molecular flexibility index (Phi) is 16.1. The van der Waals surface area contributed by atoms with Gasteiger partial charge in [-0.2, -0.15) is 0 Å². The van der Waals surface area contributed by atoms with Crippen molar-refractivity contribution in [2.45, 2.75) is 27.7 Å². The molecule has 6 nitrogen and oxygen atoms in total. The van der Waals surface area contributed by atoms with Crippen LogP contribution in [0.2, 0.25) is 0 Å². The predicted molar refractivity (Wildman–Crippen MR) is 97.2 cm³/mol. The van der Waals surface area contributed by atoms with Crippen molar-refractivity contribution in [2.24, 2.45) is 11.3 Å². The van der Waals surface area contributed by atoms with E-state index in [4.69, 9.17) is 14.9 Å². The number of aldehydes is 1. The molecule has 22 heavy (non-hydrogen) atoms. The van der Waals surface area contributed by atoms with E-state index in [1.165, 1.54) is 0 Å². The van der Waals surface area contributed by atoms with Gasteiger partial charge in [-0.05, 0) is 12.8 Å². The molecule has 1 rings (SSSR count). The summed E-state index contributed by atoms with van der Waals surface area (Å²) in [5.74, 6) is 1.45. The van der Waals surface area contributed by atoms with Crippen LogP contribution in [-0.4, -0.2) is 49.5 Å². The molecule has 7 heteroatoms. The molecule has 0 bridgehead atoms. The fraction of sp³-hybridized carbons (Fsp3) is 0.667. The van der Waals surface area contributed by atoms with E-state index in [0.717, 1.165) is 16.9 Å². The summed E-state index contributed by atoms with van der Waals surface area (Å²) in [6.45, 7) is 6.32. The first kappa shape index (κ1) is 25.9. The minimum absolute atomic E-state index is 0. The summed E-state index contributed by atoms with van der Waals surface area (Å²) in [6.07, 6.45) is 3.01. The van der Waals surface area contributed by atoms with Crippen LogP contribution in [-0.2, 0) is 14.3 Å². The van der Waals surface area contributed by atoms with Gasteiger partial charge in [-0.15, -0.1) is 11.8 Å². The molecular weight excluding hydrogens is 304 g/mol. The topological polar surface area (TPSA) is 122 Å². The lowest BCUT2D eigenvalue weighted by atomic mass is 9.85. The molecule has 134 valence electrons. The number of nitrogens with one attached hydrogen (secondary N) is 1. The molecule has 0 aromatic carbocycles. The zero-order chi connectivity index (χ0) is 15.6. The Labute approximate surface area is 140 Å². The predicted octanol–water partition coefficient (Wildman–Crippen LogP) is 2.98. The Morgan fingerprint density at radius 2 is 2.27 bits per heavy atom. The van der Waals surface area contributed by atoms with Crippen LogP contribution < -0.4 is 6.15 Å². The fourth-order valence-electron chi connectivity index (χ4n) is 1.77. The highest BCUT2D eigenvalue weighted by Crippen LogP contribution is 2.33. The molecule has 0 saturated heterocycles. The number of hydrogen-bond acceptors (Lipinski definition) is 7. The molecule has 2 unspecified atom stereocenters. The lowest BCUT2D eigenvalue weighted by Crippen LogP contribution is -2.35. The average molecular weight is 339 g/mol. The number of thioether (sulfide) groups is 1. The van der Waals surface area contributed by atoms with Crippen LogP contribution in [0.5, 0.6) is 0 Å². The van der Waals surface area contributed by atoms with Gasteiger partial charge in [-0.3, -0.25) is 0 Å². The molecule has 1 aliphatic rings. The van der Waals surface area contributed by atoms with Crippen LogP contribution in [0, 0.1) is 16.7 Å². The van der Waals surface area contributed by atoms with E-state index in [2.05, 4.69) is 13.0 Å². The van der Waals surface area contributed by atoms with Crippen LogP contribution >= 0.6 is 11.8 Å². The third-order valence-electron chi connectivity index (χ3n) is 2.92. The van der Waals surface area contributed by atoms with E-state index < -0.39 is 5.41 Å². The Hall–Kier alpha value is -1.02. The number of allylic oxidation sites excluding steroid dienone is 2. The van der Waals surface area contributed by atoms with E-state index >= 15 is 0 Å². The van der Waals surface area contributed by atoms with Gasteiger partial charge in [0.25, 0.3) is 0 Å². The standard InChI is InChI=1S/C13H21NO3S.CH2O.CH4.H3N.2H2/c1-3-17-9-13(7-15,8-16)5-11(14)12-4-10(2)6-18-12;1-2;;;;/h4,7,10,14,16H,3,5-6,8-9H2,1-2H3;1H2;1H4;1H3;2*1H. The quantitative estimate of drug-likeness (QED) is 0.462. The van der Waals surface area contributed by atoms with Crippen molar-refractivity contribution in [1.29, 1.82) is 5.41 Å². The smallest absolute Gasteiger partial charge is 0.131 e. The highest BCUT2D eigenvalue weighted by Gasteiger charge is 2.32. The van der Waals surface area contributed by atoms with Crippen LogP contribution in [0.25, 0.3) is 0 Å². The van der Waals surface area contributed by atoms with Crippen molar-refractivity contribution >= 4 is 30.5 Å². The number of rotatable bonds is 8. The molecule has 0 aromatic rings. The second-order valence-electron chi connectivity index (χ2n) is 4.75. The maximum atomic E-state index is 11.2. The van der Waals surface area contributed by atoms with Crippen molar-refractivity contribution in [3.05, 3.63) is 11.0 Å². The van der Waals surface area contributed by atoms with Crippen molar-refractivity contribution < 1.29 is 22.3 Å². The molecular formula is C15H34N2O4S. The Balaban J connectivity index is -0.000000193. The van der Waals surface area contributed by atoms with Crippen LogP contribution in [0.15, 0.2) is 11.0 Å². The van der Waals surface area contributed by atoms with E-state index in [1.54, 1.807) is 11.8 Å². The van der Waals surface area contributed by atoms with Gasteiger partial charge in [-0.1, -0.05) is 20.4 Å². The molecule has 0 aliphatic carbocycles. The van der Waals surface area contributed by atoms with Gasteiger partial charge in [0.05, 0.1) is 18.6 Å². The summed E-state index contributed by atoms with van der Waals surface area (Å²) in [5.41, 5.74) is -0.550. The first-order valence-corrected chi connectivity index (χ1v) is 7.41. The van der Waals surface area contributed by atoms with Crippen LogP contribution in [0.1, 0.15) is 30.5 Å². The van der Waals surface area contributed by atoms with Crippen LogP contribution in [0.4, 0.5) is 0 Å². The first-order valence-electron chi connectivity index (χ1n) is 6.43. The normalized spacial score (nSPS) is 18.5. The van der Waals surface area contributed by atoms with E-state index in [9.17, 15) is 9.90 Å². The minimum atomic E-state index is -0.972. The molecule has 5 N–H and O–H groups in total. The van der Waals surface area contributed by atoms with Gasteiger partial charge < -0.3 is 31.0 Å². The third-order valence-corrected chi connectivity index (χ3v) is 4.31. The van der Waals surface area contributed by atoms with Crippen molar-refractivity contribution in [1.82, 2.24) is 6.15 Å². The van der Waals surface area contributed by atoms with Crippen LogP contribution in [0.3, 0.4) is 0 Å². The van der Waals surface area contributed by atoms with Gasteiger partial charge in [0.2, 0.25) is 0 Å². The zero-order valence-corrected chi connectivity index (χ0v) is 13.6. The number of ether oxygens (including phenoxy) is 1. The number of carbonyl (C=O) groups is 2. The summed E-state index contributed by atoms with van der Waals surface area (Å²) >= 11 is 1.64. The second-order valence-corrected chi connectivity index (χ2v) is 5.81. The third kappa shape index (κ3) is 7.84. The lowest BCUT2D eigenvalue weighted by Gasteiger charge is -2.25.